The van der Waals surface area contributed by atoms with E-state index in [1.165, 1.54) is 19.3 Å². The summed E-state index contributed by atoms with van der Waals surface area (Å²) in [5.41, 5.74) is 0.693. The fourth-order valence-corrected chi connectivity index (χ4v) is 3.37. The molecule has 0 atom stereocenters. The van der Waals surface area contributed by atoms with Crippen molar-refractivity contribution in [3.05, 3.63) is 18.2 Å². The fourth-order valence-electron chi connectivity index (χ4n) is 3.37. The predicted octanol–water partition coefficient (Wildman–Crippen LogP) is 3.24. The van der Waals surface area contributed by atoms with Crippen LogP contribution in [0.4, 0.5) is 16.2 Å². The van der Waals surface area contributed by atoms with Crippen LogP contribution in [0.3, 0.4) is 0 Å². The topological polar surface area (TPSA) is 71.1 Å². The minimum atomic E-state index is -0.572. The molecule has 1 fully saturated rings. The minimum Gasteiger partial charge on any atom is -0.482 e. The van der Waals surface area contributed by atoms with Gasteiger partial charge in [-0.05, 0) is 64.9 Å². The van der Waals surface area contributed by atoms with Crippen LogP contribution in [0.25, 0.3) is 0 Å². The average Bonchev–Trinajstić information content (AvgIpc) is 2.60. The lowest BCUT2D eigenvalue weighted by atomic mass is 10.1. The molecule has 1 saturated heterocycles. The third-order valence-electron chi connectivity index (χ3n) is 4.64. The molecule has 0 unspecified atom stereocenters. The summed E-state index contributed by atoms with van der Waals surface area (Å²) in [6.45, 7) is 9.12. The van der Waals surface area contributed by atoms with Gasteiger partial charge in [0, 0.05) is 18.8 Å². The minimum absolute atomic E-state index is 0.0475. The van der Waals surface area contributed by atoms with Gasteiger partial charge in [-0.15, -0.1) is 0 Å². The number of carbonyl (C=O) groups is 2. The van der Waals surface area contributed by atoms with E-state index in [0.29, 0.717) is 23.7 Å². The number of anilines is 2. The van der Waals surface area contributed by atoms with E-state index >= 15 is 0 Å². The van der Waals surface area contributed by atoms with Gasteiger partial charge in [-0.2, -0.15) is 0 Å². The number of piperidine rings is 1. The van der Waals surface area contributed by atoms with Crippen LogP contribution in [0.2, 0.25) is 0 Å². The summed E-state index contributed by atoms with van der Waals surface area (Å²) in [6.07, 6.45) is 3.20. The summed E-state index contributed by atoms with van der Waals surface area (Å²) in [4.78, 5) is 28.6. The zero-order chi connectivity index (χ0) is 19.4. The molecule has 0 bridgehead atoms. The van der Waals surface area contributed by atoms with Crippen molar-refractivity contribution in [3.8, 4) is 5.75 Å². The molecule has 0 aliphatic carbocycles. The van der Waals surface area contributed by atoms with Gasteiger partial charge in [0.15, 0.2) is 6.61 Å². The van der Waals surface area contributed by atoms with Crippen molar-refractivity contribution in [1.82, 2.24) is 4.90 Å². The molecule has 2 heterocycles. The molecule has 0 saturated carbocycles. The number of hydrogen-bond donors (Lipinski definition) is 1. The lowest BCUT2D eigenvalue weighted by Crippen LogP contribution is -2.44. The van der Waals surface area contributed by atoms with Gasteiger partial charge in [0.25, 0.3) is 5.91 Å². The monoisotopic (exact) mass is 375 g/mol. The molecule has 1 aromatic carbocycles. The Morgan fingerprint density at radius 2 is 1.93 bits per heavy atom. The molecular formula is C20H29N3O4. The number of nitrogens with one attached hydrogen (secondary N) is 1. The highest BCUT2D eigenvalue weighted by Gasteiger charge is 2.27. The van der Waals surface area contributed by atoms with Gasteiger partial charge >= 0.3 is 6.09 Å². The molecule has 0 spiro atoms. The molecule has 3 rings (SSSR count). The van der Waals surface area contributed by atoms with Crippen LogP contribution < -0.4 is 15.0 Å². The zero-order valence-corrected chi connectivity index (χ0v) is 16.4. The van der Waals surface area contributed by atoms with E-state index in [2.05, 4.69) is 10.2 Å². The van der Waals surface area contributed by atoms with E-state index in [-0.39, 0.29) is 12.5 Å². The second-order valence-corrected chi connectivity index (χ2v) is 8.05. The van der Waals surface area contributed by atoms with Gasteiger partial charge in [-0.3, -0.25) is 10.1 Å². The standard InChI is InChI=1S/C20H29N3O4/c1-20(2,3)27-19(25)21-15-7-8-17-16(13-15)23(18(24)14-26-17)12-11-22-9-5-4-6-10-22/h7-8,13H,4-6,9-12,14H2,1-3H3,(H,21,25). The molecular weight excluding hydrogens is 346 g/mol. The molecule has 148 valence electrons. The maximum absolute atomic E-state index is 12.4. The first-order valence-corrected chi connectivity index (χ1v) is 9.61. The first kappa shape index (κ1) is 19.5. The number of rotatable bonds is 4. The predicted molar refractivity (Wildman–Crippen MR) is 104 cm³/mol. The van der Waals surface area contributed by atoms with Gasteiger partial charge in [0.2, 0.25) is 0 Å². The summed E-state index contributed by atoms with van der Waals surface area (Å²) in [5.74, 6) is 0.594. The van der Waals surface area contributed by atoms with Gasteiger partial charge in [0.05, 0.1) is 5.69 Å². The molecule has 2 aliphatic heterocycles. The molecule has 7 heteroatoms. The summed E-state index contributed by atoms with van der Waals surface area (Å²) in [6, 6.07) is 5.30. The number of benzene rings is 1. The Labute approximate surface area is 160 Å². The van der Waals surface area contributed by atoms with Crippen molar-refractivity contribution in [2.24, 2.45) is 0 Å². The van der Waals surface area contributed by atoms with Crippen molar-refractivity contribution in [3.63, 3.8) is 0 Å². The molecule has 0 radical (unpaired) electrons. The van der Waals surface area contributed by atoms with Gasteiger partial charge in [0.1, 0.15) is 11.4 Å². The molecule has 2 amide bonds. The Balaban J connectivity index is 1.70. The summed E-state index contributed by atoms with van der Waals surface area (Å²) >= 11 is 0. The van der Waals surface area contributed by atoms with Crippen molar-refractivity contribution in [2.75, 3.05) is 43.0 Å². The summed E-state index contributed by atoms with van der Waals surface area (Å²) in [7, 11) is 0. The van der Waals surface area contributed by atoms with E-state index < -0.39 is 11.7 Å². The van der Waals surface area contributed by atoms with E-state index in [1.54, 1.807) is 23.1 Å². The lowest BCUT2D eigenvalue weighted by Gasteiger charge is -2.33. The molecule has 0 aromatic heterocycles. The number of carbonyl (C=O) groups excluding carboxylic acids is 2. The first-order chi connectivity index (χ1) is 12.8. The maximum atomic E-state index is 12.4. The molecule has 7 nitrogen and oxygen atoms in total. The fraction of sp³-hybridized carbons (Fsp3) is 0.600. The largest absolute Gasteiger partial charge is 0.482 e. The Bertz CT molecular complexity index is 693. The van der Waals surface area contributed by atoms with Gasteiger partial charge < -0.3 is 19.3 Å². The average molecular weight is 375 g/mol. The van der Waals surface area contributed by atoms with Crippen LogP contribution in [-0.2, 0) is 9.53 Å². The highest BCUT2D eigenvalue weighted by atomic mass is 16.6. The third-order valence-corrected chi connectivity index (χ3v) is 4.64. The Hall–Kier alpha value is -2.28. The molecule has 27 heavy (non-hydrogen) atoms. The van der Waals surface area contributed by atoms with Gasteiger partial charge in [-0.25, -0.2) is 4.79 Å². The Kier molecular flexibility index (Phi) is 5.89. The van der Waals surface area contributed by atoms with Crippen LogP contribution in [0.1, 0.15) is 40.0 Å². The van der Waals surface area contributed by atoms with Crippen LogP contribution in [-0.4, -0.2) is 55.3 Å². The van der Waals surface area contributed by atoms with E-state index in [1.807, 2.05) is 20.8 Å². The summed E-state index contributed by atoms with van der Waals surface area (Å²) < 4.78 is 10.8. The highest BCUT2D eigenvalue weighted by Crippen LogP contribution is 2.34. The van der Waals surface area contributed by atoms with E-state index in [9.17, 15) is 9.59 Å². The first-order valence-electron chi connectivity index (χ1n) is 9.61. The van der Waals surface area contributed by atoms with Crippen molar-refractivity contribution in [1.29, 1.82) is 0 Å². The number of ether oxygens (including phenoxy) is 2. The Morgan fingerprint density at radius 3 is 2.63 bits per heavy atom. The Morgan fingerprint density at radius 1 is 1.19 bits per heavy atom. The number of hydrogen-bond acceptors (Lipinski definition) is 5. The normalized spacial score (nSPS) is 17.9. The smallest absolute Gasteiger partial charge is 0.412 e. The number of nitrogens with zero attached hydrogens (tertiary/aromatic N) is 2. The second kappa shape index (κ2) is 8.17. The van der Waals surface area contributed by atoms with E-state index in [4.69, 9.17) is 9.47 Å². The second-order valence-electron chi connectivity index (χ2n) is 8.05. The quantitative estimate of drug-likeness (QED) is 0.875. The van der Waals surface area contributed by atoms with Crippen LogP contribution >= 0.6 is 0 Å². The van der Waals surface area contributed by atoms with Crippen molar-refractivity contribution < 1.29 is 19.1 Å². The van der Waals surface area contributed by atoms with Crippen LogP contribution in [0, 0.1) is 0 Å². The van der Waals surface area contributed by atoms with Crippen LogP contribution in [0.15, 0.2) is 18.2 Å². The van der Waals surface area contributed by atoms with Crippen LogP contribution in [0.5, 0.6) is 5.75 Å². The molecule has 1 aromatic rings. The SMILES string of the molecule is CC(C)(C)OC(=O)Nc1ccc2c(c1)N(CCN1CCCCC1)C(=O)CO2. The molecule has 1 N–H and O–H groups in total. The van der Waals surface area contributed by atoms with Gasteiger partial charge in [-0.1, -0.05) is 6.42 Å². The summed E-state index contributed by atoms with van der Waals surface area (Å²) in [5, 5.41) is 2.72. The third kappa shape index (κ3) is 5.35. The maximum Gasteiger partial charge on any atom is 0.412 e. The molecule has 2 aliphatic rings. The van der Waals surface area contributed by atoms with E-state index in [0.717, 1.165) is 19.6 Å². The number of likely N-dealkylation sites (tertiary alicyclic amines) is 1. The van der Waals surface area contributed by atoms with Crippen molar-refractivity contribution in [2.45, 2.75) is 45.6 Å². The number of amides is 2. The zero-order valence-electron chi connectivity index (χ0n) is 16.4. The highest BCUT2D eigenvalue weighted by molar-refractivity contribution is 5.99. The lowest BCUT2D eigenvalue weighted by molar-refractivity contribution is -0.121. The number of fused-ring (bicyclic) bond motifs is 1. The van der Waals surface area contributed by atoms with Crippen molar-refractivity contribution >= 4 is 23.4 Å².